The first kappa shape index (κ1) is 25.0. The third kappa shape index (κ3) is 4.29. The summed E-state index contributed by atoms with van der Waals surface area (Å²) in [6.45, 7) is 1.74. The lowest BCUT2D eigenvalue weighted by molar-refractivity contribution is 0.102. The van der Waals surface area contributed by atoms with Gasteiger partial charge >= 0.3 is 0 Å². The molecule has 0 aliphatic carbocycles. The fourth-order valence-corrected chi connectivity index (χ4v) is 5.02. The van der Waals surface area contributed by atoms with E-state index in [1.807, 2.05) is 66.7 Å². The van der Waals surface area contributed by atoms with E-state index in [9.17, 15) is 9.90 Å². The van der Waals surface area contributed by atoms with Gasteiger partial charge in [-0.2, -0.15) is 4.98 Å². The van der Waals surface area contributed by atoms with Crippen LogP contribution in [0.5, 0.6) is 17.4 Å². The smallest absolute Gasteiger partial charge is 0.261 e. The molecule has 0 saturated heterocycles. The number of rotatable bonds is 5. The van der Waals surface area contributed by atoms with Gasteiger partial charge in [0.2, 0.25) is 5.88 Å². The van der Waals surface area contributed by atoms with Crippen LogP contribution >= 0.6 is 0 Å². The molecule has 9 nitrogen and oxygen atoms in total. The van der Waals surface area contributed by atoms with Gasteiger partial charge in [-0.15, -0.1) is 0 Å². The van der Waals surface area contributed by atoms with Crippen molar-refractivity contribution in [1.29, 1.82) is 0 Å². The van der Waals surface area contributed by atoms with Crippen molar-refractivity contribution >= 4 is 40.5 Å². The van der Waals surface area contributed by atoms with Crippen molar-refractivity contribution < 1.29 is 19.2 Å². The van der Waals surface area contributed by atoms with Crippen LogP contribution in [0.3, 0.4) is 0 Å². The number of benzene rings is 3. The van der Waals surface area contributed by atoms with Gasteiger partial charge in [0.25, 0.3) is 5.91 Å². The molecule has 42 heavy (non-hydrogen) atoms. The SMILES string of the molecule is Cc1noc(/C=C/c2ccccc2)c1NC(=O)c1c(N)nc2c3c(cc(-c4ccc(O)cc4)nc13)-c1ccccc1O2. The summed E-state index contributed by atoms with van der Waals surface area (Å²) in [5.74, 6) is 0.850. The van der Waals surface area contributed by atoms with E-state index < -0.39 is 5.91 Å². The van der Waals surface area contributed by atoms with Crippen LogP contribution in [0.25, 0.3) is 45.4 Å². The average molecular weight is 554 g/mol. The largest absolute Gasteiger partial charge is 0.508 e. The van der Waals surface area contributed by atoms with Crippen LogP contribution in [-0.4, -0.2) is 26.1 Å². The zero-order valence-corrected chi connectivity index (χ0v) is 22.3. The lowest BCUT2D eigenvalue weighted by Gasteiger charge is -2.22. The van der Waals surface area contributed by atoms with E-state index >= 15 is 0 Å². The maximum absolute atomic E-state index is 14.0. The van der Waals surface area contributed by atoms with Gasteiger partial charge in [0.1, 0.15) is 34.3 Å². The van der Waals surface area contributed by atoms with Crippen LogP contribution in [0.2, 0.25) is 0 Å². The minimum Gasteiger partial charge on any atom is -0.508 e. The monoisotopic (exact) mass is 553 g/mol. The van der Waals surface area contributed by atoms with Gasteiger partial charge in [-0.05, 0) is 55.0 Å². The first-order valence-electron chi connectivity index (χ1n) is 13.2. The average Bonchev–Trinajstić information content (AvgIpc) is 3.35. The Morgan fingerprint density at radius 2 is 1.69 bits per heavy atom. The molecule has 1 aliphatic heterocycles. The molecule has 0 radical (unpaired) electrons. The maximum Gasteiger partial charge on any atom is 0.261 e. The topological polar surface area (TPSA) is 136 Å². The second kappa shape index (κ2) is 9.90. The van der Waals surface area contributed by atoms with Gasteiger partial charge in [0.05, 0.1) is 16.6 Å². The number of hydrogen-bond acceptors (Lipinski definition) is 8. The number of nitrogens with zero attached hydrogens (tertiary/aromatic N) is 3. The predicted molar refractivity (Wildman–Crippen MR) is 161 cm³/mol. The predicted octanol–water partition coefficient (Wildman–Crippen LogP) is 7.08. The van der Waals surface area contributed by atoms with Crippen LogP contribution < -0.4 is 15.8 Å². The number of para-hydroxylation sites is 1. The molecule has 1 amide bonds. The number of ether oxygens (including phenoxy) is 1. The molecule has 0 atom stereocenters. The van der Waals surface area contributed by atoms with E-state index in [0.717, 1.165) is 22.3 Å². The number of fused-ring (bicyclic) bond motifs is 2. The molecular weight excluding hydrogens is 530 g/mol. The lowest BCUT2D eigenvalue weighted by atomic mass is 9.95. The number of phenolic OH excluding ortho intramolecular Hbond substituents is 1. The summed E-state index contributed by atoms with van der Waals surface area (Å²) in [6, 6.07) is 25.9. The van der Waals surface area contributed by atoms with Crippen molar-refractivity contribution in [3.63, 3.8) is 0 Å². The molecule has 3 aromatic carbocycles. The molecule has 0 spiro atoms. The number of amides is 1. The van der Waals surface area contributed by atoms with Crippen molar-refractivity contribution in [3.8, 4) is 39.8 Å². The van der Waals surface area contributed by atoms with Gasteiger partial charge in [-0.25, -0.2) is 4.98 Å². The molecule has 1 aliphatic rings. The lowest BCUT2D eigenvalue weighted by Crippen LogP contribution is -2.18. The Balaban J connectivity index is 1.38. The number of phenols is 1. The second-order valence-corrected chi connectivity index (χ2v) is 9.81. The van der Waals surface area contributed by atoms with E-state index in [4.69, 9.17) is 20.0 Å². The standard InChI is InChI=1S/C33H23N5O4/c1-18-29(26(42-38-18)16-11-19-7-3-2-4-8-19)36-32(40)28-30-27-23(17-24(35-30)20-12-14-21(39)15-13-20)22-9-5-6-10-25(22)41-33(27)37-31(28)34/h2-17,39H,1H3,(H2,34,37)(H,36,40)/b16-11+. The first-order chi connectivity index (χ1) is 20.5. The van der Waals surface area contributed by atoms with E-state index in [0.29, 0.717) is 39.5 Å². The summed E-state index contributed by atoms with van der Waals surface area (Å²) in [6.07, 6.45) is 3.62. The van der Waals surface area contributed by atoms with Crippen molar-refractivity contribution in [3.05, 3.63) is 108 Å². The van der Waals surface area contributed by atoms with Gasteiger partial charge in [0.15, 0.2) is 5.76 Å². The minimum atomic E-state index is -0.521. The highest BCUT2D eigenvalue weighted by atomic mass is 16.5. The van der Waals surface area contributed by atoms with E-state index in [1.165, 1.54) is 0 Å². The number of aromatic hydroxyl groups is 1. The number of carbonyl (C=O) groups excluding carboxylic acids is 1. The van der Waals surface area contributed by atoms with Crippen LogP contribution in [0.15, 0.2) is 89.5 Å². The number of aryl methyl sites for hydroxylation is 1. The zero-order valence-electron chi connectivity index (χ0n) is 22.3. The molecule has 0 unspecified atom stereocenters. The first-order valence-corrected chi connectivity index (χ1v) is 13.2. The molecule has 0 bridgehead atoms. The van der Waals surface area contributed by atoms with Crippen molar-refractivity contribution in [2.24, 2.45) is 0 Å². The molecule has 4 N–H and O–H groups in total. The molecule has 0 fully saturated rings. The molecule has 4 heterocycles. The van der Waals surface area contributed by atoms with Crippen LogP contribution in [-0.2, 0) is 0 Å². The van der Waals surface area contributed by atoms with Crippen molar-refractivity contribution in [2.75, 3.05) is 11.1 Å². The summed E-state index contributed by atoms with van der Waals surface area (Å²) < 4.78 is 11.6. The summed E-state index contributed by atoms with van der Waals surface area (Å²) >= 11 is 0. The normalized spacial score (nSPS) is 11.8. The summed E-state index contributed by atoms with van der Waals surface area (Å²) in [7, 11) is 0. The Bertz CT molecular complexity index is 2030. The summed E-state index contributed by atoms with van der Waals surface area (Å²) in [5.41, 5.74) is 11.7. The molecule has 0 saturated carbocycles. The van der Waals surface area contributed by atoms with E-state index in [1.54, 1.807) is 37.3 Å². The van der Waals surface area contributed by atoms with Crippen LogP contribution in [0, 0.1) is 6.92 Å². The van der Waals surface area contributed by atoms with Gasteiger partial charge in [0, 0.05) is 16.7 Å². The Kier molecular flexibility index (Phi) is 5.90. The number of pyridine rings is 2. The maximum atomic E-state index is 14.0. The van der Waals surface area contributed by atoms with E-state index in [2.05, 4.69) is 15.5 Å². The Hall–Kier alpha value is -5.96. The third-order valence-electron chi connectivity index (χ3n) is 7.08. The Morgan fingerprint density at radius 1 is 0.929 bits per heavy atom. The number of anilines is 2. The van der Waals surface area contributed by atoms with Crippen molar-refractivity contribution in [2.45, 2.75) is 6.92 Å². The number of nitrogens with one attached hydrogen (secondary N) is 1. The number of aromatic nitrogens is 3. The minimum absolute atomic E-state index is 0.0360. The zero-order chi connectivity index (χ0) is 28.8. The Labute approximate surface area is 239 Å². The number of carbonyl (C=O) groups is 1. The fraction of sp³-hybridized carbons (Fsp3) is 0.0303. The Morgan fingerprint density at radius 3 is 2.50 bits per heavy atom. The molecule has 9 heteroatoms. The molecular formula is C33H23N5O4. The van der Waals surface area contributed by atoms with Gasteiger partial charge in [-0.1, -0.05) is 59.8 Å². The van der Waals surface area contributed by atoms with Crippen LogP contribution in [0.1, 0.15) is 27.4 Å². The van der Waals surface area contributed by atoms with Gasteiger partial charge < -0.3 is 25.4 Å². The van der Waals surface area contributed by atoms with Crippen LogP contribution in [0.4, 0.5) is 11.5 Å². The molecule has 6 aromatic rings. The highest BCUT2D eigenvalue weighted by Gasteiger charge is 2.29. The highest BCUT2D eigenvalue weighted by Crippen LogP contribution is 2.47. The number of nitrogen functional groups attached to an aromatic ring is 1. The number of nitrogens with two attached hydrogens (primary N) is 1. The molecule has 3 aromatic heterocycles. The summed E-state index contributed by atoms with van der Waals surface area (Å²) in [4.78, 5) is 23.3. The third-order valence-corrected chi connectivity index (χ3v) is 7.08. The highest BCUT2D eigenvalue weighted by molar-refractivity contribution is 6.19. The van der Waals surface area contributed by atoms with Gasteiger partial charge in [-0.3, -0.25) is 4.79 Å². The molecule has 204 valence electrons. The fourth-order valence-electron chi connectivity index (χ4n) is 5.02. The number of hydrogen-bond donors (Lipinski definition) is 3. The summed E-state index contributed by atoms with van der Waals surface area (Å²) in [5, 5.41) is 17.4. The van der Waals surface area contributed by atoms with E-state index in [-0.39, 0.29) is 23.0 Å². The molecule has 7 rings (SSSR count). The quantitative estimate of drug-likeness (QED) is 0.206. The van der Waals surface area contributed by atoms with Crippen molar-refractivity contribution in [1.82, 2.24) is 15.1 Å². The second-order valence-electron chi connectivity index (χ2n) is 9.81.